The highest BCUT2D eigenvalue weighted by atomic mass is 35.5. The molecule has 0 bridgehead atoms. The molecule has 1 aliphatic carbocycles. The average molecular weight is 332 g/mol. The Labute approximate surface area is 136 Å². The lowest BCUT2D eigenvalue weighted by Gasteiger charge is -2.10. The Morgan fingerprint density at radius 2 is 2.14 bits per heavy atom. The van der Waals surface area contributed by atoms with E-state index >= 15 is 0 Å². The van der Waals surface area contributed by atoms with Crippen LogP contribution in [0.3, 0.4) is 0 Å². The van der Waals surface area contributed by atoms with Gasteiger partial charge in [0.05, 0.1) is 6.20 Å². The molecule has 4 rings (SSSR count). The molecule has 0 saturated heterocycles. The van der Waals surface area contributed by atoms with E-state index in [0.29, 0.717) is 10.8 Å². The van der Waals surface area contributed by atoms with Gasteiger partial charge in [0.25, 0.3) is 5.56 Å². The van der Waals surface area contributed by atoms with E-state index in [2.05, 4.69) is 10.1 Å². The maximum atomic E-state index is 12.8. The van der Waals surface area contributed by atoms with Crippen molar-refractivity contribution in [1.29, 1.82) is 0 Å². The Kier molecular flexibility index (Phi) is 3.27. The smallest absolute Gasteiger partial charge is 0.266 e. The maximum absolute atomic E-state index is 12.8. The van der Waals surface area contributed by atoms with Crippen LogP contribution < -0.4 is 5.56 Å². The van der Waals surface area contributed by atoms with Gasteiger partial charge in [0.1, 0.15) is 4.70 Å². The van der Waals surface area contributed by atoms with E-state index in [1.807, 2.05) is 6.92 Å². The second kappa shape index (κ2) is 5.18. The normalized spacial score (nSPS) is 14.3. The van der Waals surface area contributed by atoms with Crippen molar-refractivity contribution < 1.29 is 0 Å². The molecule has 6 heteroatoms. The van der Waals surface area contributed by atoms with Crippen molar-refractivity contribution in [2.24, 2.45) is 0 Å². The molecule has 22 heavy (non-hydrogen) atoms. The summed E-state index contributed by atoms with van der Waals surface area (Å²) in [5.74, 6) is 0.505. The topological polar surface area (TPSA) is 47.8 Å². The predicted octanol–water partition coefficient (Wildman–Crippen LogP) is 3.68. The van der Waals surface area contributed by atoms with E-state index < -0.39 is 0 Å². The van der Waals surface area contributed by atoms with Crippen molar-refractivity contribution in [1.82, 2.24) is 14.8 Å². The van der Waals surface area contributed by atoms with Crippen molar-refractivity contribution >= 4 is 33.0 Å². The highest BCUT2D eigenvalue weighted by molar-refractivity contribution is 7.19. The zero-order valence-electron chi connectivity index (χ0n) is 12.1. The first-order chi connectivity index (χ1) is 10.7. The second-order valence-electron chi connectivity index (χ2n) is 5.56. The molecule has 0 aromatic carbocycles. The molecule has 0 aliphatic heterocycles. The van der Waals surface area contributed by atoms with E-state index in [9.17, 15) is 4.79 Å². The van der Waals surface area contributed by atoms with E-state index in [1.54, 1.807) is 29.8 Å². The van der Waals surface area contributed by atoms with Crippen LogP contribution in [0.5, 0.6) is 0 Å². The van der Waals surface area contributed by atoms with Crippen LogP contribution in [0.25, 0.3) is 15.9 Å². The van der Waals surface area contributed by atoms with Crippen molar-refractivity contribution in [3.63, 3.8) is 0 Å². The molecule has 3 aromatic heterocycles. The van der Waals surface area contributed by atoms with Gasteiger partial charge in [0, 0.05) is 27.0 Å². The summed E-state index contributed by atoms with van der Waals surface area (Å²) in [4.78, 5) is 18.5. The van der Waals surface area contributed by atoms with Gasteiger partial charge >= 0.3 is 0 Å². The Hall–Kier alpha value is -1.72. The molecule has 0 N–H and O–H groups in total. The highest BCUT2D eigenvalue weighted by Gasteiger charge is 2.20. The largest absolute Gasteiger partial charge is 0.290 e. The van der Waals surface area contributed by atoms with E-state index in [1.165, 1.54) is 28.0 Å². The number of nitrogens with zero attached hydrogens (tertiary/aromatic N) is 3. The van der Waals surface area contributed by atoms with Gasteiger partial charge in [-0.05, 0) is 44.2 Å². The Bertz CT molecular complexity index is 944. The third-order valence-electron chi connectivity index (χ3n) is 4.21. The first-order valence-electron chi connectivity index (χ1n) is 7.31. The number of halogens is 1. The lowest BCUT2D eigenvalue weighted by molar-refractivity contribution is 0.699. The van der Waals surface area contributed by atoms with Crippen molar-refractivity contribution in [3.8, 4) is 5.82 Å². The van der Waals surface area contributed by atoms with Gasteiger partial charge in [-0.15, -0.1) is 11.3 Å². The zero-order chi connectivity index (χ0) is 15.3. The SMILES string of the molecule is Cc1c(Cl)ccnc1-n1ncc2c3c(sc2c1=O)CCCC3. The van der Waals surface area contributed by atoms with E-state index in [4.69, 9.17) is 11.6 Å². The van der Waals surface area contributed by atoms with Crippen LogP contribution in [0.1, 0.15) is 28.8 Å². The summed E-state index contributed by atoms with van der Waals surface area (Å²) in [6.45, 7) is 1.85. The Morgan fingerprint density at radius 1 is 1.32 bits per heavy atom. The molecule has 0 atom stereocenters. The fraction of sp³-hybridized carbons (Fsp3) is 0.312. The highest BCUT2D eigenvalue weighted by Crippen LogP contribution is 2.34. The number of thiophene rings is 1. The van der Waals surface area contributed by atoms with Gasteiger partial charge in [0.15, 0.2) is 5.82 Å². The minimum Gasteiger partial charge on any atom is -0.266 e. The van der Waals surface area contributed by atoms with Crippen molar-refractivity contribution in [2.45, 2.75) is 32.6 Å². The Balaban J connectivity index is 1.99. The van der Waals surface area contributed by atoms with Crippen LogP contribution in [0.2, 0.25) is 5.02 Å². The van der Waals surface area contributed by atoms with Crippen LogP contribution >= 0.6 is 22.9 Å². The second-order valence-corrected chi connectivity index (χ2v) is 7.07. The van der Waals surface area contributed by atoms with E-state index in [0.717, 1.165) is 28.5 Å². The Morgan fingerprint density at radius 3 is 3.00 bits per heavy atom. The number of fused-ring (bicyclic) bond motifs is 3. The first kappa shape index (κ1) is 13.9. The summed E-state index contributed by atoms with van der Waals surface area (Å²) in [6.07, 6.45) is 7.92. The molecule has 0 unspecified atom stereocenters. The van der Waals surface area contributed by atoms with Crippen LogP contribution in [0.4, 0.5) is 0 Å². The molecule has 3 heterocycles. The molecular formula is C16H14ClN3OS. The average Bonchev–Trinajstić information content (AvgIpc) is 2.91. The summed E-state index contributed by atoms with van der Waals surface area (Å²) < 4.78 is 2.15. The van der Waals surface area contributed by atoms with Gasteiger partial charge in [-0.25, -0.2) is 4.98 Å². The monoisotopic (exact) mass is 331 g/mol. The van der Waals surface area contributed by atoms with Crippen molar-refractivity contribution in [2.75, 3.05) is 0 Å². The molecule has 1 aliphatic rings. The number of aromatic nitrogens is 3. The van der Waals surface area contributed by atoms with Crippen LogP contribution in [-0.2, 0) is 12.8 Å². The molecular weight excluding hydrogens is 318 g/mol. The third-order valence-corrected chi connectivity index (χ3v) is 5.92. The number of pyridine rings is 1. The number of hydrogen-bond donors (Lipinski definition) is 0. The summed E-state index contributed by atoms with van der Waals surface area (Å²) in [5.41, 5.74) is 1.98. The first-order valence-corrected chi connectivity index (χ1v) is 8.50. The number of aryl methyl sites for hydroxylation is 2. The lowest BCUT2D eigenvalue weighted by atomic mass is 9.97. The van der Waals surface area contributed by atoms with Gasteiger partial charge in [-0.2, -0.15) is 9.78 Å². The minimum atomic E-state index is -0.102. The van der Waals surface area contributed by atoms with E-state index in [-0.39, 0.29) is 5.56 Å². The van der Waals surface area contributed by atoms with Gasteiger partial charge in [0.2, 0.25) is 0 Å². The molecule has 112 valence electrons. The number of hydrogen-bond acceptors (Lipinski definition) is 4. The summed E-state index contributed by atoms with van der Waals surface area (Å²) in [5, 5.41) is 5.95. The quantitative estimate of drug-likeness (QED) is 0.683. The minimum absolute atomic E-state index is 0.102. The number of rotatable bonds is 1. The molecule has 0 radical (unpaired) electrons. The lowest BCUT2D eigenvalue weighted by Crippen LogP contribution is -2.22. The van der Waals surface area contributed by atoms with Crippen LogP contribution in [0.15, 0.2) is 23.3 Å². The fourth-order valence-corrected chi connectivity index (χ4v) is 4.44. The fourth-order valence-electron chi connectivity index (χ4n) is 3.02. The maximum Gasteiger partial charge on any atom is 0.290 e. The predicted molar refractivity (Wildman–Crippen MR) is 89.4 cm³/mol. The summed E-state index contributed by atoms with van der Waals surface area (Å²) >= 11 is 7.75. The molecule has 4 nitrogen and oxygen atoms in total. The van der Waals surface area contributed by atoms with Crippen molar-refractivity contribution in [3.05, 3.63) is 49.8 Å². The van der Waals surface area contributed by atoms with Crippen LogP contribution in [-0.4, -0.2) is 14.8 Å². The molecule has 0 amide bonds. The zero-order valence-corrected chi connectivity index (χ0v) is 13.7. The van der Waals surface area contributed by atoms with Gasteiger partial charge in [-0.3, -0.25) is 4.79 Å². The van der Waals surface area contributed by atoms with Crippen LogP contribution in [0, 0.1) is 6.92 Å². The summed E-state index contributed by atoms with van der Waals surface area (Å²) in [7, 11) is 0. The third kappa shape index (κ3) is 2.00. The summed E-state index contributed by atoms with van der Waals surface area (Å²) in [6, 6.07) is 1.72. The van der Waals surface area contributed by atoms with Gasteiger partial charge < -0.3 is 0 Å². The molecule has 0 fully saturated rings. The molecule has 0 saturated carbocycles. The molecule has 3 aromatic rings. The van der Waals surface area contributed by atoms with Gasteiger partial charge in [-0.1, -0.05) is 11.6 Å². The molecule has 0 spiro atoms. The standard InChI is InChI=1S/C16H14ClN3OS/c1-9-12(17)6-7-18-15(9)20-16(21)14-11(8-19-20)10-4-2-3-5-13(10)22-14/h6-8H,2-5H2,1H3.